The number of nitrogens with one attached hydrogen (secondary N) is 1. The van der Waals surface area contributed by atoms with Gasteiger partial charge in [-0.15, -0.1) is 0 Å². The molecule has 2 N–H and O–H groups in total. The van der Waals surface area contributed by atoms with Crippen LogP contribution in [0.25, 0.3) is 0 Å². The van der Waals surface area contributed by atoms with Crippen molar-refractivity contribution in [3.63, 3.8) is 0 Å². The normalized spacial score (nSPS) is 18.9. The summed E-state index contributed by atoms with van der Waals surface area (Å²) >= 11 is 0. The van der Waals surface area contributed by atoms with E-state index in [0.29, 0.717) is 32.8 Å². The van der Waals surface area contributed by atoms with Crippen LogP contribution in [0.15, 0.2) is 0 Å². The van der Waals surface area contributed by atoms with Crippen molar-refractivity contribution in [3.8, 4) is 0 Å². The molecule has 0 aliphatic carbocycles. The van der Waals surface area contributed by atoms with E-state index in [-0.39, 0.29) is 12.2 Å². The van der Waals surface area contributed by atoms with Crippen molar-refractivity contribution < 1.29 is 14.6 Å². The van der Waals surface area contributed by atoms with Crippen LogP contribution in [0.2, 0.25) is 0 Å². The lowest BCUT2D eigenvalue weighted by molar-refractivity contribution is 0.157. The minimum atomic E-state index is -0.342. The molecule has 0 aromatic rings. The van der Waals surface area contributed by atoms with Crippen LogP contribution in [0, 0.1) is 0 Å². The molecule has 1 fully saturated rings. The van der Waals surface area contributed by atoms with Crippen LogP contribution < -0.4 is 5.32 Å². The highest BCUT2D eigenvalue weighted by Gasteiger charge is 2.20. The minimum Gasteiger partial charge on any atom is -0.448 e. The highest BCUT2D eigenvalue weighted by molar-refractivity contribution is 5.69. The molecule has 0 aromatic heterocycles. The third kappa shape index (κ3) is 3.61. The van der Waals surface area contributed by atoms with Crippen molar-refractivity contribution in [2.45, 2.75) is 13.0 Å². The molecule has 5 heteroatoms. The fourth-order valence-electron chi connectivity index (χ4n) is 1.15. The molecule has 13 heavy (non-hydrogen) atoms. The van der Waals surface area contributed by atoms with E-state index < -0.39 is 0 Å². The zero-order valence-electron chi connectivity index (χ0n) is 7.82. The van der Waals surface area contributed by atoms with Crippen molar-refractivity contribution >= 4 is 6.09 Å². The molecule has 1 atom stereocenters. The summed E-state index contributed by atoms with van der Waals surface area (Å²) in [5.74, 6) is 0. The molecule has 0 radical (unpaired) electrons. The zero-order valence-corrected chi connectivity index (χ0v) is 7.82. The molecule has 76 valence electrons. The number of aliphatic hydroxyl groups is 1. The quantitative estimate of drug-likeness (QED) is 0.566. The van der Waals surface area contributed by atoms with E-state index in [9.17, 15) is 4.79 Å². The van der Waals surface area contributed by atoms with Gasteiger partial charge in [-0.2, -0.15) is 0 Å². The summed E-state index contributed by atoms with van der Waals surface area (Å²) < 4.78 is 4.75. The van der Waals surface area contributed by atoms with E-state index in [1.54, 1.807) is 11.8 Å². The lowest BCUT2D eigenvalue weighted by Gasteiger charge is -2.13. The first-order valence-corrected chi connectivity index (χ1v) is 4.50. The Morgan fingerprint density at radius 3 is 3.08 bits per heavy atom. The lowest BCUT2D eigenvalue weighted by Crippen LogP contribution is -2.35. The molecule has 1 unspecified atom stereocenters. The first-order valence-electron chi connectivity index (χ1n) is 4.50. The molecule has 1 aliphatic rings. The maximum atomic E-state index is 10.9. The van der Waals surface area contributed by atoms with Gasteiger partial charge in [-0.3, -0.25) is 0 Å². The van der Waals surface area contributed by atoms with Crippen LogP contribution in [-0.2, 0) is 4.74 Å². The monoisotopic (exact) mass is 188 g/mol. The second-order valence-electron chi connectivity index (χ2n) is 3.15. The Morgan fingerprint density at radius 2 is 2.54 bits per heavy atom. The van der Waals surface area contributed by atoms with Gasteiger partial charge in [-0.25, -0.2) is 4.79 Å². The predicted molar refractivity (Wildman–Crippen MR) is 47.5 cm³/mol. The molecule has 1 heterocycles. The summed E-state index contributed by atoms with van der Waals surface area (Å²) in [5, 5.41) is 12.0. The van der Waals surface area contributed by atoms with Crippen LogP contribution >= 0.6 is 0 Å². The topological polar surface area (TPSA) is 61.8 Å². The number of aliphatic hydroxyl groups excluding tert-OH is 1. The van der Waals surface area contributed by atoms with Crippen LogP contribution in [0.5, 0.6) is 0 Å². The van der Waals surface area contributed by atoms with Gasteiger partial charge in [0, 0.05) is 19.6 Å². The number of cyclic esters (lactones) is 1. The number of amides is 1. The van der Waals surface area contributed by atoms with Gasteiger partial charge in [0.05, 0.1) is 12.6 Å². The first-order chi connectivity index (χ1) is 6.20. The average molecular weight is 188 g/mol. The average Bonchev–Trinajstić information content (AvgIpc) is 2.45. The number of hydrogen-bond acceptors (Lipinski definition) is 4. The minimum absolute atomic E-state index is 0.237. The van der Waals surface area contributed by atoms with Crippen molar-refractivity contribution in [2.75, 3.05) is 32.8 Å². The number of rotatable bonds is 5. The van der Waals surface area contributed by atoms with E-state index in [0.717, 1.165) is 0 Å². The SMILES string of the molecule is CC(O)CNCCN1CCOC1=O. The largest absolute Gasteiger partial charge is 0.448 e. The van der Waals surface area contributed by atoms with E-state index in [2.05, 4.69) is 5.32 Å². The van der Waals surface area contributed by atoms with Crippen molar-refractivity contribution in [2.24, 2.45) is 0 Å². The fourth-order valence-corrected chi connectivity index (χ4v) is 1.15. The van der Waals surface area contributed by atoms with E-state index in [1.165, 1.54) is 0 Å². The Kier molecular flexibility index (Phi) is 3.98. The summed E-state index contributed by atoms with van der Waals surface area (Å²) in [6.45, 7) is 4.79. The summed E-state index contributed by atoms with van der Waals surface area (Å²) in [6, 6.07) is 0. The summed E-state index contributed by atoms with van der Waals surface area (Å²) in [7, 11) is 0. The molecule has 1 amide bonds. The molecule has 0 bridgehead atoms. The molecule has 1 rings (SSSR count). The zero-order chi connectivity index (χ0) is 9.68. The van der Waals surface area contributed by atoms with Crippen LogP contribution in [-0.4, -0.2) is 55.0 Å². The van der Waals surface area contributed by atoms with Gasteiger partial charge in [0.15, 0.2) is 0 Å². The van der Waals surface area contributed by atoms with Gasteiger partial charge in [-0.1, -0.05) is 0 Å². The van der Waals surface area contributed by atoms with Crippen molar-refractivity contribution in [1.82, 2.24) is 10.2 Å². The number of ether oxygens (including phenoxy) is 1. The molecule has 1 saturated heterocycles. The Hall–Kier alpha value is -0.810. The molecule has 5 nitrogen and oxygen atoms in total. The summed E-state index contributed by atoms with van der Waals surface area (Å²) in [6.07, 6.45) is -0.579. The van der Waals surface area contributed by atoms with Crippen LogP contribution in [0.4, 0.5) is 4.79 Å². The van der Waals surface area contributed by atoms with Gasteiger partial charge < -0.3 is 20.1 Å². The van der Waals surface area contributed by atoms with Crippen molar-refractivity contribution in [3.05, 3.63) is 0 Å². The Bertz CT molecular complexity index is 173. The molecule has 1 aliphatic heterocycles. The third-order valence-electron chi connectivity index (χ3n) is 1.84. The van der Waals surface area contributed by atoms with Gasteiger partial charge >= 0.3 is 6.09 Å². The molecular formula is C8H16N2O3. The fraction of sp³-hybridized carbons (Fsp3) is 0.875. The number of nitrogens with zero attached hydrogens (tertiary/aromatic N) is 1. The number of carbonyl (C=O) groups excluding carboxylic acids is 1. The van der Waals surface area contributed by atoms with E-state index in [1.807, 2.05) is 0 Å². The summed E-state index contributed by atoms with van der Waals surface area (Å²) in [5.41, 5.74) is 0. The number of hydrogen-bond donors (Lipinski definition) is 2. The Balaban J connectivity index is 2.02. The third-order valence-corrected chi connectivity index (χ3v) is 1.84. The maximum absolute atomic E-state index is 10.9. The first kappa shape index (κ1) is 10.3. The van der Waals surface area contributed by atoms with Gasteiger partial charge in [0.25, 0.3) is 0 Å². The van der Waals surface area contributed by atoms with Gasteiger partial charge in [-0.05, 0) is 6.92 Å². The highest BCUT2D eigenvalue weighted by Crippen LogP contribution is 2.00. The smallest absolute Gasteiger partial charge is 0.409 e. The number of carbonyl (C=O) groups is 1. The molecule has 0 spiro atoms. The second kappa shape index (κ2) is 5.04. The van der Waals surface area contributed by atoms with Crippen molar-refractivity contribution in [1.29, 1.82) is 0 Å². The predicted octanol–water partition coefficient (Wildman–Crippen LogP) is -0.591. The molecular weight excluding hydrogens is 172 g/mol. The van der Waals surface area contributed by atoms with Gasteiger partial charge in [0.2, 0.25) is 0 Å². The second-order valence-corrected chi connectivity index (χ2v) is 3.15. The maximum Gasteiger partial charge on any atom is 0.409 e. The van der Waals surface area contributed by atoms with E-state index in [4.69, 9.17) is 9.84 Å². The van der Waals surface area contributed by atoms with Gasteiger partial charge in [0.1, 0.15) is 6.61 Å². The lowest BCUT2D eigenvalue weighted by atomic mass is 10.4. The Morgan fingerprint density at radius 1 is 1.77 bits per heavy atom. The molecule has 0 saturated carbocycles. The molecule has 0 aromatic carbocycles. The van der Waals surface area contributed by atoms with E-state index >= 15 is 0 Å². The standard InChI is InChI=1S/C8H16N2O3/c1-7(11)6-9-2-3-10-4-5-13-8(10)12/h7,9,11H,2-6H2,1H3. The Labute approximate surface area is 77.7 Å². The van der Waals surface area contributed by atoms with Crippen LogP contribution in [0.3, 0.4) is 0 Å². The highest BCUT2D eigenvalue weighted by atomic mass is 16.6. The van der Waals surface area contributed by atoms with Crippen LogP contribution in [0.1, 0.15) is 6.92 Å². The summed E-state index contributed by atoms with van der Waals surface area (Å²) in [4.78, 5) is 12.6.